The van der Waals surface area contributed by atoms with Crippen molar-refractivity contribution in [3.63, 3.8) is 0 Å². The molecule has 0 N–H and O–H groups in total. The van der Waals surface area contributed by atoms with Crippen LogP contribution in [0.2, 0.25) is 0 Å². The summed E-state index contributed by atoms with van der Waals surface area (Å²) in [5.41, 5.74) is 7.24. The Labute approximate surface area is 198 Å². The van der Waals surface area contributed by atoms with Gasteiger partial charge in [0.1, 0.15) is 0 Å². The van der Waals surface area contributed by atoms with Crippen LogP contribution in [0, 0.1) is 6.08 Å². The quantitative estimate of drug-likeness (QED) is 0.516. The third kappa shape index (κ3) is 5.29. The van der Waals surface area contributed by atoms with Gasteiger partial charge in [-0.2, -0.15) is 5.56 Å². The maximum absolute atomic E-state index is 4.39. The van der Waals surface area contributed by atoms with Gasteiger partial charge < -0.3 is 24.8 Å². The summed E-state index contributed by atoms with van der Waals surface area (Å²) in [6.45, 7) is 2.13. The number of halogens is 2. The minimum absolute atomic E-state index is 0. The van der Waals surface area contributed by atoms with E-state index in [2.05, 4.69) is 71.5 Å². The minimum Gasteiger partial charge on any atom is -1.00 e. The second kappa shape index (κ2) is 11.5. The van der Waals surface area contributed by atoms with Gasteiger partial charge >= 0.3 is 26.2 Å². The molecule has 0 bridgehead atoms. The van der Waals surface area contributed by atoms with E-state index in [1.165, 1.54) is 22.4 Å². The fourth-order valence-corrected chi connectivity index (χ4v) is 3.16. The second-order valence-electron chi connectivity index (χ2n) is 6.09. The molecule has 5 heteroatoms. The Morgan fingerprint density at radius 1 is 1.04 bits per heavy atom. The first-order valence-electron chi connectivity index (χ1n) is 8.62. The molecule has 3 aliphatic rings. The largest absolute Gasteiger partial charge is 3.00 e. The van der Waals surface area contributed by atoms with Crippen molar-refractivity contribution in [1.82, 2.24) is 4.98 Å². The second-order valence-corrected chi connectivity index (χ2v) is 6.09. The molecule has 0 saturated heterocycles. The zero-order valence-corrected chi connectivity index (χ0v) is 19.4. The van der Waals surface area contributed by atoms with Crippen molar-refractivity contribution >= 4 is 11.8 Å². The van der Waals surface area contributed by atoms with E-state index >= 15 is 0 Å². The normalized spacial score (nSPS) is 16.8. The number of aromatic nitrogens is 1. The molecular formula is C23H19Cl2N2Zr. The molecule has 28 heavy (non-hydrogen) atoms. The van der Waals surface area contributed by atoms with Crippen molar-refractivity contribution < 1.29 is 51.0 Å². The molecule has 1 aliphatic heterocycles. The van der Waals surface area contributed by atoms with E-state index in [4.69, 9.17) is 0 Å². The minimum atomic E-state index is 0. The van der Waals surface area contributed by atoms with Gasteiger partial charge in [-0.1, -0.05) is 43.3 Å². The van der Waals surface area contributed by atoms with Gasteiger partial charge in [-0.05, 0) is 36.6 Å². The first-order chi connectivity index (χ1) is 12.3. The van der Waals surface area contributed by atoms with E-state index in [-0.39, 0.29) is 56.9 Å². The SMILES string of the molecule is CCC1=NC2=CC=CC2=C1.[C-]1=Cc2ccccc2C1c1ccccn1.[Cl-].[Cl-].[Zr+3]. The molecule has 2 heterocycles. The number of rotatable bonds is 2. The van der Waals surface area contributed by atoms with E-state index in [9.17, 15) is 0 Å². The Bertz CT molecular complexity index is 944. The Kier molecular flexibility index (Phi) is 10.0. The predicted molar refractivity (Wildman–Crippen MR) is 103 cm³/mol. The Balaban J connectivity index is 0.000000269. The standard InChI is InChI=1S/C14H10N.C9H9N.2ClH.Zr/c1-2-6-12-11(5-1)8-9-13(12)14-7-3-4-10-15-14;1-2-8-6-7-4-3-5-9(7)10-8;;;/h1-8,10,13H;3-6H,2H2,1H3;2*1H;/q-1;;;;+3/p-2. The number of nitrogens with zero attached hydrogens (tertiary/aromatic N) is 2. The molecule has 1 radical (unpaired) electrons. The summed E-state index contributed by atoms with van der Waals surface area (Å²) in [7, 11) is 0. The van der Waals surface area contributed by atoms with E-state index in [0.29, 0.717) is 0 Å². The number of hydrogen-bond acceptors (Lipinski definition) is 2. The third-order valence-electron chi connectivity index (χ3n) is 4.47. The van der Waals surface area contributed by atoms with Gasteiger partial charge in [-0.25, -0.2) is 6.08 Å². The summed E-state index contributed by atoms with van der Waals surface area (Å²) in [6, 6.07) is 14.4. The van der Waals surface area contributed by atoms with Crippen LogP contribution in [0.5, 0.6) is 0 Å². The van der Waals surface area contributed by atoms with Crippen molar-refractivity contribution in [2.45, 2.75) is 19.3 Å². The van der Waals surface area contributed by atoms with Crippen molar-refractivity contribution in [2.75, 3.05) is 0 Å². The average molecular weight is 486 g/mol. The van der Waals surface area contributed by atoms with Gasteiger partial charge in [0.05, 0.1) is 5.70 Å². The van der Waals surface area contributed by atoms with Crippen LogP contribution in [0.3, 0.4) is 0 Å². The molecule has 1 atom stereocenters. The summed E-state index contributed by atoms with van der Waals surface area (Å²) in [5.74, 6) is 0.211. The molecule has 1 unspecified atom stereocenters. The van der Waals surface area contributed by atoms with Gasteiger partial charge in [-0.3, -0.25) is 16.1 Å². The summed E-state index contributed by atoms with van der Waals surface area (Å²) in [5, 5.41) is 0. The monoisotopic (exact) mass is 483 g/mol. The molecule has 2 aromatic rings. The molecule has 2 nitrogen and oxygen atoms in total. The fourth-order valence-electron chi connectivity index (χ4n) is 3.16. The zero-order valence-electron chi connectivity index (χ0n) is 15.4. The molecule has 139 valence electrons. The number of hydrogen-bond donors (Lipinski definition) is 0. The van der Waals surface area contributed by atoms with Crippen molar-refractivity contribution in [2.24, 2.45) is 4.99 Å². The number of pyridine rings is 1. The van der Waals surface area contributed by atoms with Gasteiger partial charge in [0.15, 0.2) is 0 Å². The van der Waals surface area contributed by atoms with Crippen LogP contribution in [0.15, 0.2) is 89.2 Å². The molecule has 1 aromatic carbocycles. The number of allylic oxidation sites excluding steroid dienone is 5. The first kappa shape index (κ1) is 24.5. The van der Waals surface area contributed by atoms with E-state index in [1.807, 2.05) is 30.5 Å². The van der Waals surface area contributed by atoms with Crippen molar-refractivity contribution in [3.05, 3.63) is 107 Å². The summed E-state index contributed by atoms with van der Waals surface area (Å²) >= 11 is 0. The maximum atomic E-state index is 4.39. The maximum Gasteiger partial charge on any atom is 3.00 e. The number of fused-ring (bicyclic) bond motifs is 2. The van der Waals surface area contributed by atoms with Gasteiger partial charge in [0.25, 0.3) is 0 Å². The number of aliphatic imine (C=N–C) groups is 1. The summed E-state index contributed by atoms with van der Waals surface area (Å²) < 4.78 is 0. The van der Waals surface area contributed by atoms with Crippen LogP contribution in [-0.4, -0.2) is 10.7 Å². The van der Waals surface area contributed by atoms with Crippen LogP contribution in [0.25, 0.3) is 6.08 Å². The molecule has 0 fully saturated rings. The molecule has 5 rings (SSSR count). The first-order valence-corrected chi connectivity index (χ1v) is 8.62. The summed E-state index contributed by atoms with van der Waals surface area (Å²) in [4.78, 5) is 8.77. The molecular weight excluding hydrogens is 466 g/mol. The van der Waals surface area contributed by atoms with Crippen molar-refractivity contribution in [1.29, 1.82) is 0 Å². The Morgan fingerprint density at radius 2 is 1.82 bits per heavy atom. The van der Waals surface area contributed by atoms with Gasteiger partial charge in [0.2, 0.25) is 0 Å². The molecule has 0 saturated carbocycles. The van der Waals surface area contributed by atoms with E-state index in [1.54, 1.807) is 0 Å². The van der Waals surface area contributed by atoms with E-state index < -0.39 is 0 Å². The van der Waals surface area contributed by atoms with Crippen molar-refractivity contribution in [3.8, 4) is 0 Å². The average Bonchev–Trinajstić information content (AvgIpc) is 3.37. The van der Waals surface area contributed by atoms with Gasteiger partial charge in [-0.15, -0.1) is 11.6 Å². The predicted octanol–water partition coefficient (Wildman–Crippen LogP) is -0.720. The third-order valence-corrected chi connectivity index (χ3v) is 4.47. The van der Waals surface area contributed by atoms with Crippen LogP contribution < -0.4 is 24.8 Å². The molecule has 1 aromatic heterocycles. The summed E-state index contributed by atoms with van der Waals surface area (Å²) in [6.07, 6.45) is 16.6. The Hall–Kier alpha value is -1.54. The van der Waals surface area contributed by atoms with E-state index in [0.717, 1.165) is 17.8 Å². The topological polar surface area (TPSA) is 25.2 Å². The Morgan fingerprint density at radius 3 is 2.54 bits per heavy atom. The molecule has 0 amide bonds. The fraction of sp³-hybridized carbons (Fsp3) is 0.130. The number of benzene rings is 1. The smallest absolute Gasteiger partial charge is 1.00 e. The molecule has 2 aliphatic carbocycles. The van der Waals surface area contributed by atoms with Crippen LogP contribution in [0.1, 0.15) is 36.1 Å². The molecule has 0 spiro atoms. The van der Waals surface area contributed by atoms with Gasteiger partial charge in [0, 0.05) is 23.2 Å². The van der Waals surface area contributed by atoms with Crippen LogP contribution in [-0.2, 0) is 26.2 Å². The van der Waals surface area contributed by atoms with Crippen LogP contribution >= 0.6 is 0 Å². The zero-order chi connectivity index (χ0) is 17.1. The van der Waals surface area contributed by atoms with Crippen LogP contribution in [0.4, 0.5) is 0 Å².